The van der Waals surface area contributed by atoms with Crippen molar-refractivity contribution in [1.82, 2.24) is 19.1 Å². The van der Waals surface area contributed by atoms with Crippen molar-refractivity contribution in [3.05, 3.63) is 45.1 Å². The van der Waals surface area contributed by atoms with Gasteiger partial charge < -0.3 is 14.2 Å². The molecule has 136 valence electrons. The van der Waals surface area contributed by atoms with Crippen molar-refractivity contribution in [2.24, 2.45) is 13.0 Å². The van der Waals surface area contributed by atoms with Gasteiger partial charge in [0.1, 0.15) is 5.75 Å². The van der Waals surface area contributed by atoms with E-state index in [0.29, 0.717) is 36.2 Å². The fourth-order valence-electron chi connectivity index (χ4n) is 3.47. The second kappa shape index (κ2) is 6.05. The standard InChI is InChI=1S/C18H21N5O3/c1-4-26-13-7-5-12(6-8-13)22-9-11(2)10-23-14-15(19-17(22)23)21(3)18(25)20-16(14)24/h5-8,11H,4,9-10H2,1-3H3,(H,20,24,25)/t11-/m1/s1. The topological polar surface area (TPSA) is 85.2 Å². The number of ether oxygens (including phenoxy) is 1. The van der Waals surface area contributed by atoms with E-state index >= 15 is 0 Å². The van der Waals surface area contributed by atoms with E-state index in [1.165, 1.54) is 4.57 Å². The summed E-state index contributed by atoms with van der Waals surface area (Å²) < 4.78 is 8.79. The van der Waals surface area contributed by atoms with Crippen LogP contribution in [0, 0.1) is 5.92 Å². The largest absolute Gasteiger partial charge is 0.494 e. The summed E-state index contributed by atoms with van der Waals surface area (Å²) >= 11 is 0. The summed E-state index contributed by atoms with van der Waals surface area (Å²) in [5, 5.41) is 0. The van der Waals surface area contributed by atoms with Crippen LogP contribution < -0.4 is 20.9 Å². The third-order valence-corrected chi connectivity index (χ3v) is 4.68. The normalized spacial score (nSPS) is 16.7. The number of hydrogen-bond donors (Lipinski definition) is 1. The SMILES string of the molecule is CCOc1ccc(N2C[C@@H](C)Cn3c2nc2c3c(=O)[nH]c(=O)n2C)cc1. The Hall–Kier alpha value is -3.03. The van der Waals surface area contributed by atoms with E-state index in [2.05, 4.69) is 21.8 Å². The third-order valence-electron chi connectivity index (χ3n) is 4.68. The van der Waals surface area contributed by atoms with Crippen molar-refractivity contribution in [3.8, 4) is 5.75 Å². The molecular formula is C18H21N5O3. The monoisotopic (exact) mass is 355 g/mol. The Labute approximate surface area is 149 Å². The summed E-state index contributed by atoms with van der Waals surface area (Å²) in [6, 6.07) is 7.81. The van der Waals surface area contributed by atoms with Gasteiger partial charge in [0.05, 0.1) is 6.61 Å². The molecule has 0 saturated carbocycles. The van der Waals surface area contributed by atoms with E-state index in [0.717, 1.165) is 18.0 Å². The molecule has 1 aliphatic rings. The average molecular weight is 355 g/mol. The van der Waals surface area contributed by atoms with E-state index in [-0.39, 0.29) is 0 Å². The molecule has 26 heavy (non-hydrogen) atoms. The number of aromatic nitrogens is 4. The number of aryl methyl sites for hydroxylation is 1. The fourth-order valence-corrected chi connectivity index (χ4v) is 3.47. The number of benzene rings is 1. The van der Waals surface area contributed by atoms with Crippen molar-refractivity contribution in [2.75, 3.05) is 18.1 Å². The highest BCUT2D eigenvalue weighted by molar-refractivity contribution is 5.77. The first-order chi connectivity index (χ1) is 12.5. The first-order valence-corrected chi connectivity index (χ1v) is 8.69. The van der Waals surface area contributed by atoms with Gasteiger partial charge >= 0.3 is 5.69 Å². The summed E-state index contributed by atoms with van der Waals surface area (Å²) in [5.41, 5.74) is 0.947. The van der Waals surface area contributed by atoms with Gasteiger partial charge in [-0.15, -0.1) is 0 Å². The predicted molar refractivity (Wildman–Crippen MR) is 99.4 cm³/mol. The second-order valence-corrected chi connectivity index (χ2v) is 6.66. The molecular weight excluding hydrogens is 334 g/mol. The van der Waals surface area contributed by atoms with Crippen molar-refractivity contribution in [3.63, 3.8) is 0 Å². The Morgan fingerprint density at radius 1 is 1.23 bits per heavy atom. The van der Waals surface area contributed by atoms with Gasteiger partial charge in [0.15, 0.2) is 11.2 Å². The van der Waals surface area contributed by atoms with E-state index in [9.17, 15) is 9.59 Å². The molecule has 4 rings (SSSR count). The van der Waals surface area contributed by atoms with Crippen LogP contribution in [0.4, 0.5) is 11.6 Å². The highest BCUT2D eigenvalue weighted by atomic mass is 16.5. The van der Waals surface area contributed by atoms with Gasteiger partial charge in [0, 0.05) is 25.8 Å². The Morgan fingerprint density at radius 3 is 2.65 bits per heavy atom. The van der Waals surface area contributed by atoms with Crippen molar-refractivity contribution in [1.29, 1.82) is 0 Å². The lowest BCUT2D eigenvalue weighted by Gasteiger charge is -2.33. The molecule has 1 N–H and O–H groups in total. The number of fused-ring (bicyclic) bond motifs is 3. The molecule has 3 aromatic rings. The maximum Gasteiger partial charge on any atom is 0.329 e. The molecule has 0 amide bonds. The molecule has 1 aromatic carbocycles. The van der Waals surface area contributed by atoms with Crippen molar-refractivity contribution >= 4 is 22.8 Å². The van der Waals surface area contributed by atoms with Crippen LogP contribution in [0.15, 0.2) is 33.9 Å². The zero-order valence-electron chi connectivity index (χ0n) is 15.0. The predicted octanol–water partition coefficient (Wildman–Crippen LogP) is 1.61. The number of hydrogen-bond acceptors (Lipinski definition) is 5. The van der Waals surface area contributed by atoms with E-state index < -0.39 is 11.2 Å². The molecule has 0 fully saturated rings. The van der Waals surface area contributed by atoms with Gasteiger partial charge in [-0.2, -0.15) is 4.98 Å². The highest BCUT2D eigenvalue weighted by Gasteiger charge is 2.28. The minimum Gasteiger partial charge on any atom is -0.494 e. The van der Waals surface area contributed by atoms with Crippen LogP contribution >= 0.6 is 0 Å². The molecule has 3 heterocycles. The minimum atomic E-state index is -0.460. The maximum absolute atomic E-state index is 12.4. The van der Waals surface area contributed by atoms with Gasteiger partial charge in [-0.3, -0.25) is 14.3 Å². The molecule has 0 unspecified atom stereocenters. The smallest absolute Gasteiger partial charge is 0.329 e. The zero-order valence-corrected chi connectivity index (χ0v) is 15.0. The highest BCUT2D eigenvalue weighted by Crippen LogP contribution is 2.33. The van der Waals surface area contributed by atoms with Crippen LogP contribution in [0.25, 0.3) is 11.2 Å². The van der Waals surface area contributed by atoms with Gasteiger partial charge in [0.25, 0.3) is 5.56 Å². The molecule has 0 bridgehead atoms. The lowest BCUT2D eigenvalue weighted by molar-refractivity contribution is 0.340. The van der Waals surface area contributed by atoms with Crippen LogP contribution in [-0.4, -0.2) is 32.3 Å². The molecule has 0 radical (unpaired) electrons. The van der Waals surface area contributed by atoms with Gasteiger partial charge in [0.2, 0.25) is 5.95 Å². The van der Waals surface area contributed by atoms with E-state index in [4.69, 9.17) is 4.74 Å². The number of aromatic amines is 1. The van der Waals surface area contributed by atoms with E-state index in [1.54, 1.807) is 7.05 Å². The summed E-state index contributed by atoms with van der Waals surface area (Å²) in [4.78, 5) is 33.4. The number of imidazole rings is 1. The summed E-state index contributed by atoms with van der Waals surface area (Å²) in [6.45, 7) is 6.16. The zero-order chi connectivity index (χ0) is 18.4. The van der Waals surface area contributed by atoms with Crippen molar-refractivity contribution < 1.29 is 4.74 Å². The Balaban J connectivity index is 1.89. The number of nitrogens with one attached hydrogen (secondary N) is 1. The molecule has 8 heteroatoms. The maximum atomic E-state index is 12.4. The van der Waals surface area contributed by atoms with E-state index in [1.807, 2.05) is 35.8 Å². The molecule has 0 spiro atoms. The molecule has 1 atom stereocenters. The molecule has 2 aromatic heterocycles. The Morgan fingerprint density at radius 2 is 1.96 bits per heavy atom. The van der Waals surface area contributed by atoms with Crippen molar-refractivity contribution in [2.45, 2.75) is 20.4 Å². The van der Waals surface area contributed by atoms with Gasteiger partial charge in [-0.05, 0) is 37.1 Å². The van der Waals surface area contributed by atoms with Crippen LogP contribution in [0.3, 0.4) is 0 Å². The molecule has 0 saturated heterocycles. The van der Waals surface area contributed by atoms with Crippen LogP contribution in [0.1, 0.15) is 13.8 Å². The van der Waals surface area contributed by atoms with Gasteiger partial charge in [-0.25, -0.2) is 4.79 Å². The van der Waals surface area contributed by atoms with Crippen LogP contribution in [0.2, 0.25) is 0 Å². The lowest BCUT2D eigenvalue weighted by Crippen LogP contribution is -2.35. The minimum absolute atomic E-state index is 0.322. The van der Waals surface area contributed by atoms with Gasteiger partial charge in [-0.1, -0.05) is 6.92 Å². The summed E-state index contributed by atoms with van der Waals surface area (Å²) in [5.74, 6) is 1.81. The Kier molecular flexibility index (Phi) is 3.82. The third kappa shape index (κ3) is 2.49. The molecule has 1 aliphatic heterocycles. The second-order valence-electron chi connectivity index (χ2n) is 6.66. The quantitative estimate of drug-likeness (QED) is 0.771. The lowest BCUT2D eigenvalue weighted by atomic mass is 10.1. The average Bonchev–Trinajstić information content (AvgIpc) is 3.00. The summed E-state index contributed by atoms with van der Waals surface area (Å²) in [7, 11) is 1.62. The number of rotatable bonds is 3. The number of nitrogens with zero attached hydrogens (tertiary/aromatic N) is 4. The summed E-state index contributed by atoms with van der Waals surface area (Å²) in [6.07, 6.45) is 0. The molecule has 8 nitrogen and oxygen atoms in total. The number of H-pyrrole nitrogens is 1. The van der Waals surface area contributed by atoms with Crippen LogP contribution in [0.5, 0.6) is 5.75 Å². The van der Waals surface area contributed by atoms with Crippen LogP contribution in [-0.2, 0) is 13.6 Å². The first kappa shape index (κ1) is 16.4. The fraction of sp³-hybridized carbons (Fsp3) is 0.389. The first-order valence-electron chi connectivity index (χ1n) is 8.69. The molecule has 0 aliphatic carbocycles. The number of anilines is 2. The Bertz CT molecular complexity index is 1080.